The molecule has 2 atom stereocenters. The number of hydrogen-bond acceptors (Lipinski definition) is 8. The van der Waals surface area contributed by atoms with Crippen LogP contribution in [0.4, 0.5) is 0 Å². The Kier molecular flexibility index (Phi) is 42.5. The molecule has 0 rings (SSSR count). The lowest BCUT2D eigenvalue weighted by Crippen LogP contribution is -2.37. The standard InChI is InChI=1S/C54H90NO8P/c1-6-8-10-12-14-16-18-20-22-24-26-27-29-30-32-34-36-38-40-42-44-46-53(56)60-50-52(51-62-64(58,59)61-49-48-55(3,4)5)63-54(57)47-45-43-41-39-37-35-33-31-28-25-23-21-19-17-15-13-11-9-7-2/h8-11,14-17,20-23,26-28,31,35,37,52H,6-7,12-13,18-19,24-25,29-30,32-34,36,38-51H2,1-5H3/b10-8-,11-9-,16-14-,17-15-,22-20-,23-21-,27-26-,31-28-,37-35-. The van der Waals surface area contributed by atoms with Gasteiger partial charge in [-0.1, -0.05) is 168 Å². The van der Waals surface area contributed by atoms with Crippen LogP contribution in [-0.2, 0) is 32.7 Å². The smallest absolute Gasteiger partial charge is 0.306 e. The molecule has 10 heteroatoms. The quantitative estimate of drug-likeness (QED) is 0.0195. The first kappa shape index (κ1) is 60.7. The van der Waals surface area contributed by atoms with Gasteiger partial charge in [0.1, 0.15) is 19.8 Å². The van der Waals surface area contributed by atoms with Crippen LogP contribution in [0.5, 0.6) is 0 Å². The van der Waals surface area contributed by atoms with Crippen molar-refractivity contribution < 1.29 is 42.1 Å². The molecule has 64 heavy (non-hydrogen) atoms. The van der Waals surface area contributed by atoms with E-state index in [0.717, 1.165) is 103 Å². The zero-order chi connectivity index (χ0) is 47.1. The topological polar surface area (TPSA) is 111 Å². The average molecular weight is 912 g/mol. The third kappa shape index (κ3) is 48.1. The molecule has 0 bridgehead atoms. The SMILES string of the molecule is CC/C=C\C/C=C\C/C=C\C/C=C\C/C=C\CCCCCC(=O)OC(COC(=O)CCCCCCCCCC/C=C\C/C=C\C/C=C\C/C=C\CC)COP(=O)([O-])OCC[N+](C)(C)C. The maximum Gasteiger partial charge on any atom is 0.306 e. The van der Waals surface area contributed by atoms with E-state index >= 15 is 0 Å². The molecule has 0 saturated carbocycles. The van der Waals surface area contributed by atoms with Crippen molar-refractivity contribution in [1.29, 1.82) is 0 Å². The van der Waals surface area contributed by atoms with Crippen molar-refractivity contribution in [2.45, 2.75) is 174 Å². The van der Waals surface area contributed by atoms with Gasteiger partial charge in [-0.15, -0.1) is 0 Å². The highest BCUT2D eigenvalue weighted by Crippen LogP contribution is 2.38. The van der Waals surface area contributed by atoms with Crippen LogP contribution in [0.15, 0.2) is 109 Å². The van der Waals surface area contributed by atoms with Crippen molar-refractivity contribution in [1.82, 2.24) is 0 Å². The van der Waals surface area contributed by atoms with E-state index in [-0.39, 0.29) is 26.1 Å². The third-order valence-corrected chi connectivity index (χ3v) is 10.8. The summed E-state index contributed by atoms with van der Waals surface area (Å²) in [4.78, 5) is 37.7. The molecule has 0 aromatic heterocycles. The second kappa shape index (κ2) is 44.9. The van der Waals surface area contributed by atoms with Gasteiger partial charge in [-0.05, 0) is 96.3 Å². The fourth-order valence-electron chi connectivity index (χ4n) is 6.02. The van der Waals surface area contributed by atoms with Crippen LogP contribution >= 0.6 is 7.82 Å². The summed E-state index contributed by atoms with van der Waals surface area (Å²) in [7, 11) is 1.12. The number of likely N-dealkylation sites (N-methyl/N-ethyl adjacent to an activating group) is 1. The summed E-state index contributed by atoms with van der Waals surface area (Å²) in [5.74, 6) is -0.891. The van der Waals surface area contributed by atoms with E-state index in [1.807, 2.05) is 21.1 Å². The molecule has 0 heterocycles. The number of unbranched alkanes of at least 4 members (excludes halogenated alkanes) is 11. The zero-order valence-electron chi connectivity index (χ0n) is 40.9. The number of phosphoric ester groups is 1. The number of carbonyl (C=O) groups excluding carboxylic acids is 2. The van der Waals surface area contributed by atoms with Gasteiger partial charge in [0.05, 0.1) is 27.7 Å². The number of phosphoric acid groups is 1. The molecule has 0 spiro atoms. The van der Waals surface area contributed by atoms with E-state index in [2.05, 4.69) is 123 Å². The van der Waals surface area contributed by atoms with Crippen LogP contribution < -0.4 is 4.89 Å². The molecule has 0 saturated heterocycles. The molecule has 0 aliphatic carbocycles. The molecule has 364 valence electrons. The van der Waals surface area contributed by atoms with Crippen LogP contribution in [0, 0.1) is 0 Å². The van der Waals surface area contributed by atoms with E-state index in [1.54, 1.807) is 0 Å². The first-order chi connectivity index (χ1) is 31.0. The largest absolute Gasteiger partial charge is 0.756 e. The van der Waals surface area contributed by atoms with Crippen molar-refractivity contribution in [2.75, 3.05) is 47.5 Å². The van der Waals surface area contributed by atoms with Crippen molar-refractivity contribution in [3.8, 4) is 0 Å². The highest BCUT2D eigenvalue weighted by Gasteiger charge is 2.21. The van der Waals surface area contributed by atoms with Crippen LogP contribution in [-0.4, -0.2) is 70.0 Å². The summed E-state index contributed by atoms with van der Waals surface area (Å²) < 4.78 is 34.0. The number of nitrogens with zero attached hydrogens (tertiary/aromatic N) is 1. The lowest BCUT2D eigenvalue weighted by molar-refractivity contribution is -0.870. The summed E-state index contributed by atoms with van der Waals surface area (Å²) in [6, 6.07) is 0. The van der Waals surface area contributed by atoms with Gasteiger partial charge < -0.3 is 27.9 Å². The van der Waals surface area contributed by atoms with Crippen LogP contribution in [0.2, 0.25) is 0 Å². The highest BCUT2D eigenvalue weighted by atomic mass is 31.2. The van der Waals surface area contributed by atoms with E-state index in [1.165, 1.54) is 25.7 Å². The van der Waals surface area contributed by atoms with E-state index in [4.69, 9.17) is 18.5 Å². The Balaban J connectivity index is 4.38. The first-order valence-electron chi connectivity index (χ1n) is 24.6. The van der Waals surface area contributed by atoms with Gasteiger partial charge in [-0.3, -0.25) is 14.2 Å². The number of carbonyl (C=O) groups is 2. The van der Waals surface area contributed by atoms with E-state index in [0.29, 0.717) is 23.9 Å². The van der Waals surface area contributed by atoms with Crippen LogP contribution in [0.3, 0.4) is 0 Å². The summed E-state index contributed by atoms with van der Waals surface area (Å²) in [5, 5.41) is 0. The molecule has 2 unspecified atom stereocenters. The monoisotopic (exact) mass is 912 g/mol. The summed E-state index contributed by atoms with van der Waals surface area (Å²) in [6.45, 7) is 3.93. The van der Waals surface area contributed by atoms with Crippen LogP contribution in [0.1, 0.15) is 168 Å². The number of hydrogen-bond donors (Lipinski definition) is 0. The minimum Gasteiger partial charge on any atom is -0.756 e. The Morgan fingerprint density at radius 3 is 1.27 bits per heavy atom. The van der Waals surface area contributed by atoms with Gasteiger partial charge >= 0.3 is 11.9 Å². The number of allylic oxidation sites excluding steroid dienone is 18. The van der Waals surface area contributed by atoms with E-state index in [9.17, 15) is 19.0 Å². The average Bonchev–Trinajstić information content (AvgIpc) is 3.25. The summed E-state index contributed by atoms with van der Waals surface area (Å²) in [5.41, 5.74) is 0. The molecule has 0 amide bonds. The molecule has 0 aromatic rings. The van der Waals surface area contributed by atoms with Gasteiger partial charge in [-0.2, -0.15) is 0 Å². The van der Waals surface area contributed by atoms with Gasteiger partial charge in [0.15, 0.2) is 6.10 Å². The highest BCUT2D eigenvalue weighted by molar-refractivity contribution is 7.45. The summed E-state index contributed by atoms with van der Waals surface area (Å²) >= 11 is 0. The molecule has 0 aliphatic heterocycles. The van der Waals surface area contributed by atoms with Crippen molar-refractivity contribution in [3.63, 3.8) is 0 Å². The maximum absolute atomic E-state index is 12.7. The second-order valence-corrected chi connectivity index (χ2v) is 18.5. The van der Waals surface area contributed by atoms with Crippen molar-refractivity contribution in [2.24, 2.45) is 0 Å². The predicted octanol–water partition coefficient (Wildman–Crippen LogP) is 14.1. The minimum absolute atomic E-state index is 0.0456. The molecule has 0 aromatic carbocycles. The Hall–Kier alpha value is -3.33. The van der Waals surface area contributed by atoms with Crippen molar-refractivity contribution >= 4 is 19.8 Å². The maximum atomic E-state index is 12.7. The van der Waals surface area contributed by atoms with Crippen LogP contribution in [0.25, 0.3) is 0 Å². The van der Waals surface area contributed by atoms with Gasteiger partial charge in [-0.25, -0.2) is 0 Å². The second-order valence-electron chi connectivity index (χ2n) is 17.1. The van der Waals surface area contributed by atoms with Crippen molar-refractivity contribution in [3.05, 3.63) is 109 Å². The molecule has 0 aliphatic rings. The molecular formula is C54H90NO8P. The molecular weight excluding hydrogens is 822 g/mol. The Labute approximate surface area is 391 Å². The fraction of sp³-hybridized carbons (Fsp3) is 0.630. The Morgan fingerprint density at radius 2 is 0.844 bits per heavy atom. The lowest BCUT2D eigenvalue weighted by atomic mass is 10.1. The molecule has 0 N–H and O–H groups in total. The number of rotatable bonds is 43. The Morgan fingerprint density at radius 1 is 0.484 bits per heavy atom. The summed E-state index contributed by atoms with van der Waals surface area (Å²) in [6.07, 6.45) is 61.1. The number of ether oxygens (including phenoxy) is 2. The normalized spacial score (nSPS) is 14.4. The minimum atomic E-state index is -4.65. The van der Waals surface area contributed by atoms with Gasteiger partial charge in [0.2, 0.25) is 0 Å². The zero-order valence-corrected chi connectivity index (χ0v) is 41.8. The molecule has 0 radical (unpaired) electrons. The molecule has 0 fully saturated rings. The fourth-order valence-corrected chi connectivity index (χ4v) is 6.75. The predicted molar refractivity (Wildman–Crippen MR) is 268 cm³/mol. The van der Waals surface area contributed by atoms with Gasteiger partial charge in [0.25, 0.3) is 7.82 Å². The third-order valence-electron chi connectivity index (χ3n) is 9.79. The first-order valence-corrected chi connectivity index (χ1v) is 26.1. The number of quaternary nitrogens is 1. The van der Waals surface area contributed by atoms with Gasteiger partial charge in [0, 0.05) is 12.8 Å². The molecule has 9 nitrogen and oxygen atoms in total. The Bertz CT molecular complexity index is 1450. The van der Waals surface area contributed by atoms with E-state index < -0.39 is 32.5 Å². The number of esters is 2. The lowest BCUT2D eigenvalue weighted by Gasteiger charge is -2.28.